The first kappa shape index (κ1) is 27.9. The Labute approximate surface area is 233 Å². The molecule has 1 aromatic carbocycles. The molecule has 0 spiro atoms. The average molecular weight is 549 g/mol. The number of hydrogen-bond acceptors (Lipinski definition) is 8. The number of likely N-dealkylation sites (N-methyl/N-ethyl adjacent to an activating group) is 1. The zero-order valence-corrected chi connectivity index (χ0v) is 23.1. The third-order valence-corrected chi connectivity index (χ3v) is 9.21. The molecule has 2 saturated carbocycles. The van der Waals surface area contributed by atoms with Crippen molar-refractivity contribution in [3.63, 3.8) is 0 Å². The van der Waals surface area contributed by atoms with Gasteiger partial charge in [0.05, 0.1) is 17.2 Å². The maximum Gasteiger partial charge on any atom is 0.255 e. The number of primary amides is 1. The van der Waals surface area contributed by atoms with Crippen LogP contribution in [0.2, 0.25) is 0 Å². The topological polar surface area (TPSA) is 161 Å². The van der Waals surface area contributed by atoms with Crippen LogP contribution in [0.25, 0.3) is 5.76 Å². The summed E-state index contributed by atoms with van der Waals surface area (Å²) in [7, 11) is 3.16. The van der Waals surface area contributed by atoms with E-state index in [1.54, 1.807) is 14.1 Å². The number of fused-ring (bicyclic) bond motifs is 3. The number of phenols is 1. The number of carbonyl (C=O) groups excluding carboxylic acids is 3. The second-order valence-electron chi connectivity index (χ2n) is 11.7. The molecule has 0 heterocycles. The summed E-state index contributed by atoms with van der Waals surface area (Å²) in [5, 5.41) is 45.6. The molecule has 4 aliphatic rings. The van der Waals surface area contributed by atoms with Crippen LogP contribution in [-0.4, -0.2) is 68.5 Å². The number of rotatable bonds is 3. The summed E-state index contributed by atoms with van der Waals surface area (Å²) in [6, 6.07) is 0.734. The van der Waals surface area contributed by atoms with Crippen LogP contribution in [0.1, 0.15) is 67.7 Å². The van der Waals surface area contributed by atoms with Gasteiger partial charge in [-0.2, -0.15) is 0 Å². The molecule has 0 unspecified atom stereocenters. The number of aromatic hydroxyl groups is 1. The van der Waals surface area contributed by atoms with E-state index in [9.17, 15) is 34.8 Å². The molecule has 9 heteroatoms. The Hall–Kier alpha value is -3.61. The molecule has 6 N–H and O–H groups in total. The summed E-state index contributed by atoms with van der Waals surface area (Å²) >= 11 is 0. The van der Waals surface area contributed by atoms with Crippen LogP contribution < -0.4 is 5.73 Å². The molecule has 0 saturated heterocycles. The molecule has 0 bridgehead atoms. The highest BCUT2D eigenvalue weighted by Crippen LogP contribution is 2.53. The normalized spacial score (nSPS) is 28.6. The van der Waals surface area contributed by atoms with Crippen LogP contribution in [0.3, 0.4) is 0 Å². The monoisotopic (exact) mass is 548 g/mol. The summed E-state index contributed by atoms with van der Waals surface area (Å²) in [5.41, 5.74) is 3.79. The van der Waals surface area contributed by atoms with Crippen LogP contribution in [0.15, 0.2) is 23.0 Å². The molecule has 212 valence electrons. The van der Waals surface area contributed by atoms with Crippen molar-refractivity contribution in [2.45, 2.75) is 69.9 Å². The smallest absolute Gasteiger partial charge is 0.255 e. The van der Waals surface area contributed by atoms with Crippen molar-refractivity contribution in [3.05, 3.63) is 45.2 Å². The van der Waals surface area contributed by atoms with E-state index in [0.29, 0.717) is 17.5 Å². The maximum absolute atomic E-state index is 14.0. The molecule has 1 aromatic rings. The van der Waals surface area contributed by atoms with Gasteiger partial charge in [0, 0.05) is 17.4 Å². The predicted molar refractivity (Wildman–Crippen MR) is 147 cm³/mol. The number of aliphatic hydroxyl groups excluding tert-OH is 2. The Morgan fingerprint density at radius 1 is 1.15 bits per heavy atom. The largest absolute Gasteiger partial charge is 0.508 e. The van der Waals surface area contributed by atoms with Crippen molar-refractivity contribution in [2.24, 2.45) is 23.5 Å². The number of benzene rings is 1. The van der Waals surface area contributed by atoms with Gasteiger partial charge >= 0.3 is 0 Å². The summed E-state index contributed by atoms with van der Waals surface area (Å²) in [5.74, 6) is 0.0931. The van der Waals surface area contributed by atoms with Gasteiger partial charge in [0.2, 0.25) is 5.78 Å². The van der Waals surface area contributed by atoms with Crippen molar-refractivity contribution in [1.82, 2.24) is 4.90 Å². The summed E-state index contributed by atoms with van der Waals surface area (Å²) in [4.78, 5) is 40.9. The molecule has 5 rings (SSSR count). The van der Waals surface area contributed by atoms with Gasteiger partial charge in [0.1, 0.15) is 22.8 Å². The number of nitrogens with zero attached hydrogens (tertiary/aromatic N) is 1. The highest BCUT2D eigenvalue weighted by Gasteiger charge is 2.64. The van der Waals surface area contributed by atoms with Crippen LogP contribution >= 0.6 is 0 Å². The van der Waals surface area contributed by atoms with Crippen LogP contribution in [0, 0.1) is 29.6 Å². The molecule has 0 radical (unpaired) electrons. The van der Waals surface area contributed by atoms with Gasteiger partial charge in [0.25, 0.3) is 5.91 Å². The first-order chi connectivity index (χ1) is 18.9. The molecule has 40 heavy (non-hydrogen) atoms. The van der Waals surface area contributed by atoms with E-state index in [0.717, 1.165) is 31.2 Å². The fraction of sp³-hybridized carbons (Fsp3) is 0.516. The number of ketones is 2. The number of nitrogens with two attached hydrogens (primary N) is 1. The molecular weight excluding hydrogens is 512 g/mol. The molecule has 9 nitrogen and oxygen atoms in total. The van der Waals surface area contributed by atoms with E-state index in [4.69, 9.17) is 5.73 Å². The first-order valence-electron chi connectivity index (χ1n) is 14.0. The highest BCUT2D eigenvalue weighted by molar-refractivity contribution is 6.24. The molecule has 1 amide bonds. The van der Waals surface area contributed by atoms with E-state index < -0.39 is 58.0 Å². The lowest BCUT2D eigenvalue weighted by molar-refractivity contribution is -0.153. The minimum atomic E-state index is -2.65. The number of aryl methyl sites for hydroxylation is 1. The fourth-order valence-electron chi connectivity index (χ4n) is 7.23. The quantitative estimate of drug-likeness (QED) is 0.284. The zero-order valence-electron chi connectivity index (χ0n) is 23.1. The number of hydrogen-bond donors (Lipinski definition) is 5. The Bertz CT molecular complexity index is 1440. The molecular formula is C31H36N2O7. The standard InChI is InChI=1S/C31H36N2O7/c1-4-16-12-17(11-10-15-8-6-5-7-9-15)25(34)22-19(16)13-18-14-20-24(33(2)3)27(36)23(30(32)39)29(38)31(20,40)28(37)21(18)26(22)35/h12,15,18,20,24,34-35,38,40H,4-9,13-14H2,1-3H3,(H2,32,39)/t18-,20-,24-,31-/m0/s1. The van der Waals surface area contributed by atoms with Gasteiger partial charge in [-0.25, -0.2) is 0 Å². The van der Waals surface area contributed by atoms with E-state index in [-0.39, 0.29) is 35.6 Å². The molecule has 0 aromatic heterocycles. The third-order valence-electron chi connectivity index (χ3n) is 9.21. The van der Waals surface area contributed by atoms with E-state index in [1.807, 2.05) is 13.0 Å². The first-order valence-corrected chi connectivity index (χ1v) is 14.0. The van der Waals surface area contributed by atoms with Gasteiger partial charge < -0.3 is 26.2 Å². The minimum Gasteiger partial charge on any atom is -0.508 e. The zero-order chi connectivity index (χ0) is 29.1. The van der Waals surface area contributed by atoms with E-state index >= 15 is 0 Å². The van der Waals surface area contributed by atoms with Crippen LogP contribution in [-0.2, 0) is 27.2 Å². The van der Waals surface area contributed by atoms with Crippen LogP contribution in [0.5, 0.6) is 5.75 Å². The molecule has 2 fully saturated rings. The highest BCUT2D eigenvalue weighted by atomic mass is 16.3. The van der Waals surface area contributed by atoms with Crippen molar-refractivity contribution >= 4 is 23.2 Å². The Kier molecular flexibility index (Phi) is 7.05. The van der Waals surface area contributed by atoms with Gasteiger partial charge in [-0.05, 0) is 69.3 Å². The minimum absolute atomic E-state index is 0.0684. The Balaban J connectivity index is 1.67. The Morgan fingerprint density at radius 2 is 1.82 bits per heavy atom. The fourth-order valence-corrected chi connectivity index (χ4v) is 7.23. The number of phenolic OH excluding ortho intramolecular Hbond substituents is 1. The summed E-state index contributed by atoms with van der Waals surface area (Å²) in [6.07, 6.45) is 6.39. The third kappa shape index (κ3) is 4.04. The van der Waals surface area contributed by atoms with Crippen molar-refractivity contribution < 1.29 is 34.8 Å². The second-order valence-corrected chi connectivity index (χ2v) is 11.7. The van der Waals surface area contributed by atoms with E-state index in [2.05, 4.69) is 11.8 Å². The summed E-state index contributed by atoms with van der Waals surface area (Å²) < 4.78 is 0. The molecule has 4 aliphatic carbocycles. The lowest BCUT2D eigenvalue weighted by atomic mass is 9.57. The van der Waals surface area contributed by atoms with Crippen molar-refractivity contribution in [3.8, 4) is 17.6 Å². The SMILES string of the molecule is CCc1cc(C#CC2CCCCC2)c(O)c2c1C[C@H]1C[C@H]3[C@H](N(C)C)C(=O)C(C(N)=O)=C(O)[C@@]3(O)C(=O)C1=C2O. The Morgan fingerprint density at radius 3 is 2.42 bits per heavy atom. The second kappa shape index (κ2) is 10.1. The average Bonchev–Trinajstić information content (AvgIpc) is 2.90. The maximum atomic E-state index is 14.0. The number of amides is 1. The molecule has 0 aliphatic heterocycles. The lowest BCUT2D eigenvalue weighted by Crippen LogP contribution is -2.65. The van der Waals surface area contributed by atoms with Gasteiger partial charge in [-0.3, -0.25) is 19.3 Å². The van der Waals surface area contributed by atoms with Gasteiger partial charge in [0.15, 0.2) is 11.4 Å². The van der Waals surface area contributed by atoms with Crippen molar-refractivity contribution in [2.75, 3.05) is 14.1 Å². The van der Waals surface area contributed by atoms with Gasteiger partial charge in [-0.15, -0.1) is 0 Å². The van der Waals surface area contributed by atoms with Crippen LogP contribution in [0.4, 0.5) is 0 Å². The van der Waals surface area contributed by atoms with Gasteiger partial charge in [-0.1, -0.05) is 38.0 Å². The number of aliphatic hydroxyl groups is 3. The lowest BCUT2D eigenvalue weighted by Gasteiger charge is -2.50. The predicted octanol–water partition coefficient (Wildman–Crippen LogP) is 2.46. The number of carbonyl (C=O) groups is 3. The molecule has 4 atom stereocenters. The van der Waals surface area contributed by atoms with E-state index in [1.165, 1.54) is 11.3 Å². The summed E-state index contributed by atoms with van der Waals surface area (Å²) in [6.45, 7) is 1.96. The number of Topliss-reactive ketones (excluding diaryl/α,β-unsaturated/α-hetero) is 2. The van der Waals surface area contributed by atoms with Crippen molar-refractivity contribution in [1.29, 1.82) is 0 Å².